The van der Waals surface area contributed by atoms with Crippen LogP contribution in [0.3, 0.4) is 0 Å². The highest BCUT2D eigenvalue weighted by Crippen LogP contribution is 2.46. The molecule has 0 radical (unpaired) electrons. The molecule has 0 bridgehead atoms. The number of aromatic hydroxyl groups is 3. The summed E-state index contributed by atoms with van der Waals surface area (Å²) in [5.41, 5.74) is 0.319. The van der Waals surface area contributed by atoms with Gasteiger partial charge in [0.15, 0.2) is 17.8 Å². The smallest absolute Gasteiger partial charge is 0.169 e. The third kappa shape index (κ3) is 1.91. The van der Waals surface area contributed by atoms with Crippen LogP contribution in [0.4, 0.5) is 0 Å². The number of hydrogen-bond donors (Lipinski definition) is 3. The summed E-state index contributed by atoms with van der Waals surface area (Å²) >= 11 is 0. The van der Waals surface area contributed by atoms with Crippen LogP contribution in [0.2, 0.25) is 0 Å². The van der Waals surface area contributed by atoms with Gasteiger partial charge in [-0.2, -0.15) is 0 Å². The van der Waals surface area contributed by atoms with Crippen LogP contribution in [0, 0.1) is 0 Å². The molecule has 0 saturated carbocycles. The number of hydrogen-bond acceptors (Lipinski definition) is 5. The Labute approximate surface area is 116 Å². The van der Waals surface area contributed by atoms with Gasteiger partial charge in [-0.05, 0) is 17.4 Å². The van der Waals surface area contributed by atoms with Gasteiger partial charge in [-0.1, -0.05) is 13.8 Å². The number of carbonyl (C=O) groups is 1. The van der Waals surface area contributed by atoms with Crippen LogP contribution in [0.15, 0.2) is 12.1 Å². The molecule has 2 rings (SSSR count). The highest BCUT2D eigenvalue weighted by Gasteiger charge is 2.23. The van der Waals surface area contributed by atoms with E-state index in [1.807, 2.05) is 13.8 Å². The molecule has 0 aliphatic heterocycles. The van der Waals surface area contributed by atoms with E-state index in [4.69, 9.17) is 4.74 Å². The summed E-state index contributed by atoms with van der Waals surface area (Å²) in [5.74, 6) is -0.757. The highest BCUT2D eigenvalue weighted by molar-refractivity contribution is 6.07. The zero-order valence-electron chi connectivity index (χ0n) is 11.5. The summed E-state index contributed by atoms with van der Waals surface area (Å²) in [6.45, 7) is 3.68. The SMILES string of the molecule is COc1cc(O)c2c(C=O)c(O)c(O)c(C(C)C)c2c1. The number of aldehydes is 1. The van der Waals surface area contributed by atoms with E-state index in [9.17, 15) is 20.1 Å². The fourth-order valence-corrected chi connectivity index (χ4v) is 2.41. The summed E-state index contributed by atoms with van der Waals surface area (Å²) in [7, 11) is 1.45. The predicted molar refractivity (Wildman–Crippen MR) is 75.0 cm³/mol. The molecule has 3 N–H and O–H groups in total. The maximum absolute atomic E-state index is 11.2. The molecule has 106 valence electrons. The lowest BCUT2D eigenvalue weighted by molar-refractivity contribution is 0.112. The molecule has 0 atom stereocenters. The Bertz CT molecular complexity index is 689. The lowest BCUT2D eigenvalue weighted by Crippen LogP contribution is -1.97. The first kappa shape index (κ1) is 14.0. The largest absolute Gasteiger partial charge is 0.507 e. The molecule has 0 saturated heterocycles. The van der Waals surface area contributed by atoms with Gasteiger partial charge in [0, 0.05) is 17.0 Å². The van der Waals surface area contributed by atoms with Gasteiger partial charge in [-0.15, -0.1) is 0 Å². The fourth-order valence-electron chi connectivity index (χ4n) is 2.41. The average Bonchev–Trinajstić information content (AvgIpc) is 2.40. The first-order valence-corrected chi connectivity index (χ1v) is 6.16. The quantitative estimate of drug-likeness (QED) is 0.592. The third-order valence-corrected chi connectivity index (χ3v) is 3.32. The predicted octanol–water partition coefficient (Wildman–Crippen LogP) is 2.90. The number of carbonyl (C=O) groups excluding carboxylic acids is 1. The van der Waals surface area contributed by atoms with Gasteiger partial charge in [0.1, 0.15) is 11.5 Å². The number of fused-ring (bicyclic) bond motifs is 1. The van der Waals surface area contributed by atoms with E-state index in [0.717, 1.165) is 0 Å². The van der Waals surface area contributed by atoms with Crippen LogP contribution >= 0.6 is 0 Å². The van der Waals surface area contributed by atoms with Crippen molar-refractivity contribution in [1.82, 2.24) is 0 Å². The van der Waals surface area contributed by atoms with Gasteiger partial charge in [-0.3, -0.25) is 4.79 Å². The fraction of sp³-hybridized carbons (Fsp3) is 0.267. The van der Waals surface area contributed by atoms with Gasteiger partial charge < -0.3 is 20.1 Å². The van der Waals surface area contributed by atoms with Crippen molar-refractivity contribution < 1.29 is 24.9 Å². The first-order chi connectivity index (χ1) is 9.42. The number of benzene rings is 2. The Morgan fingerprint density at radius 3 is 2.30 bits per heavy atom. The molecule has 0 unspecified atom stereocenters. The molecule has 2 aromatic rings. The molecular formula is C15H16O5. The van der Waals surface area contributed by atoms with Crippen molar-refractivity contribution in [2.45, 2.75) is 19.8 Å². The van der Waals surface area contributed by atoms with Gasteiger partial charge in [0.05, 0.1) is 12.7 Å². The van der Waals surface area contributed by atoms with Crippen molar-refractivity contribution >= 4 is 17.1 Å². The molecule has 0 spiro atoms. The summed E-state index contributed by atoms with van der Waals surface area (Å²) in [4.78, 5) is 11.2. The van der Waals surface area contributed by atoms with Crippen LogP contribution in [-0.2, 0) is 0 Å². The molecule has 0 fully saturated rings. The van der Waals surface area contributed by atoms with Crippen LogP contribution < -0.4 is 4.74 Å². The number of methoxy groups -OCH3 is 1. The summed E-state index contributed by atoms with van der Waals surface area (Å²) in [6.07, 6.45) is 0.410. The normalized spacial score (nSPS) is 11.0. The van der Waals surface area contributed by atoms with Gasteiger partial charge in [0.25, 0.3) is 0 Å². The zero-order valence-corrected chi connectivity index (χ0v) is 11.5. The number of ether oxygens (including phenoxy) is 1. The Balaban J connectivity index is 3.08. The van der Waals surface area contributed by atoms with E-state index in [-0.39, 0.29) is 28.4 Å². The second-order valence-corrected chi connectivity index (χ2v) is 4.87. The topological polar surface area (TPSA) is 87.0 Å². The lowest BCUT2D eigenvalue weighted by atomic mass is 9.91. The van der Waals surface area contributed by atoms with E-state index in [0.29, 0.717) is 23.0 Å². The van der Waals surface area contributed by atoms with E-state index in [1.165, 1.54) is 13.2 Å². The molecular weight excluding hydrogens is 260 g/mol. The molecule has 0 aromatic heterocycles. The third-order valence-electron chi connectivity index (χ3n) is 3.32. The van der Waals surface area contributed by atoms with E-state index >= 15 is 0 Å². The summed E-state index contributed by atoms with van der Waals surface area (Å²) < 4.78 is 5.09. The lowest BCUT2D eigenvalue weighted by Gasteiger charge is -2.17. The van der Waals surface area contributed by atoms with Gasteiger partial charge in [-0.25, -0.2) is 0 Å². The molecule has 5 nitrogen and oxygen atoms in total. The van der Waals surface area contributed by atoms with Crippen molar-refractivity contribution in [1.29, 1.82) is 0 Å². The molecule has 0 aliphatic carbocycles. The number of rotatable bonds is 3. The van der Waals surface area contributed by atoms with Crippen molar-refractivity contribution in [3.05, 3.63) is 23.3 Å². The molecule has 5 heteroatoms. The highest BCUT2D eigenvalue weighted by atomic mass is 16.5. The molecule has 2 aromatic carbocycles. The Morgan fingerprint density at radius 1 is 1.15 bits per heavy atom. The van der Waals surface area contributed by atoms with Crippen molar-refractivity contribution in [2.24, 2.45) is 0 Å². The standard InChI is InChI=1S/C15H16O5/c1-7(2)12-9-4-8(20-3)5-11(17)13(9)10(6-16)14(18)15(12)19/h4-7,17-19H,1-3H3. The van der Waals surface area contributed by atoms with Crippen molar-refractivity contribution in [2.75, 3.05) is 7.11 Å². The minimum Gasteiger partial charge on any atom is -0.507 e. The Kier molecular flexibility index (Phi) is 3.44. The van der Waals surface area contributed by atoms with Crippen LogP contribution in [0.5, 0.6) is 23.0 Å². The monoisotopic (exact) mass is 276 g/mol. The Morgan fingerprint density at radius 2 is 1.80 bits per heavy atom. The second kappa shape index (κ2) is 4.92. The maximum Gasteiger partial charge on any atom is 0.169 e. The molecule has 0 heterocycles. The van der Waals surface area contributed by atoms with Crippen LogP contribution in [0.1, 0.15) is 35.7 Å². The number of phenolic OH excluding ortho intramolecular Hbond substituents is 3. The van der Waals surface area contributed by atoms with E-state index in [1.54, 1.807) is 6.07 Å². The summed E-state index contributed by atoms with van der Waals surface area (Å²) in [6, 6.07) is 2.98. The van der Waals surface area contributed by atoms with Crippen molar-refractivity contribution in [3.8, 4) is 23.0 Å². The van der Waals surface area contributed by atoms with Gasteiger partial charge >= 0.3 is 0 Å². The minimum absolute atomic E-state index is 0.115. The second-order valence-electron chi connectivity index (χ2n) is 4.87. The van der Waals surface area contributed by atoms with E-state index < -0.39 is 5.75 Å². The summed E-state index contributed by atoms with van der Waals surface area (Å²) in [5, 5.41) is 30.8. The zero-order chi connectivity index (χ0) is 15.0. The molecule has 0 amide bonds. The van der Waals surface area contributed by atoms with E-state index in [2.05, 4.69) is 0 Å². The molecule has 0 aliphatic rings. The molecule has 20 heavy (non-hydrogen) atoms. The van der Waals surface area contributed by atoms with Crippen LogP contribution in [0.25, 0.3) is 10.8 Å². The van der Waals surface area contributed by atoms with Gasteiger partial charge in [0.2, 0.25) is 0 Å². The van der Waals surface area contributed by atoms with Crippen LogP contribution in [-0.4, -0.2) is 28.7 Å². The average molecular weight is 276 g/mol. The minimum atomic E-state index is -0.517. The maximum atomic E-state index is 11.2. The first-order valence-electron chi connectivity index (χ1n) is 6.16. The number of phenols is 3. The van der Waals surface area contributed by atoms with Crippen molar-refractivity contribution in [3.63, 3.8) is 0 Å². The Hall–Kier alpha value is -2.43.